The van der Waals surface area contributed by atoms with Crippen molar-refractivity contribution in [1.82, 2.24) is 14.5 Å². The maximum absolute atomic E-state index is 12.6. The molecule has 13 nitrogen and oxygen atoms in total. The number of imidazole rings is 1. The van der Waals surface area contributed by atoms with E-state index in [0.717, 1.165) is 0 Å². The molecule has 0 spiro atoms. The van der Waals surface area contributed by atoms with E-state index in [2.05, 4.69) is 14.5 Å². The van der Waals surface area contributed by atoms with Crippen molar-refractivity contribution in [3.63, 3.8) is 0 Å². The molecule has 2 aromatic rings. The lowest BCUT2D eigenvalue weighted by Crippen LogP contribution is -2.46. The average molecular weight is 433 g/mol. The number of aliphatic hydroxyl groups excluding tert-OH is 2. The van der Waals surface area contributed by atoms with Crippen LogP contribution in [0, 0.1) is 0 Å². The van der Waals surface area contributed by atoms with Crippen LogP contribution in [0.3, 0.4) is 0 Å². The summed E-state index contributed by atoms with van der Waals surface area (Å²) in [5.41, 5.74) is 0.0524. The van der Waals surface area contributed by atoms with Crippen LogP contribution in [-0.4, -0.2) is 67.6 Å². The molecule has 14 heteroatoms. The smallest absolute Gasteiger partial charge is 0.313 e. The molecule has 1 fully saturated rings. The molecule has 0 bridgehead atoms. The van der Waals surface area contributed by atoms with E-state index in [1.807, 2.05) is 18.7 Å². The predicted octanol–water partition coefficient (Wildman–Crippen LogP) is -2.51. The molecule has 29 heavy (non-hydrogen) atoms. The Hall–Kier alpha value is -1.86. The number of nitrogens with zero attached hydrogens (tertiary/aromatic N) is 4. The van der Waals surface area contributed by atoms with Gasteiger partial charge in [0.05, 0.1) is 13.7 Å². The molecule has 0 amide bonds. The van der Waals surface area contributed by atoms with Crippen molar-refractivity contribution in [2.75, 3.05) is 24.6 Å². The minimum Gasteiger partial charge on any atom is -0.756 e. The number of hydrogen-bond donors (Lipinski definition) is 4. The molecule has 3 heterocycles. The Kier molecular flexibility index (Phi) is 6.11. The molecular formula is C15H24N5O8P. The van der Waals surface area contributed by atoms with E-state index >= 15 is 0 Å². The van der Waals surface area contributed by atoms with Crippen LogP contribution >= 0.6 is 7.82 Å². The third-order valence-electron chi connectivity index (χ3n) is 4.84. The Morgan fingerprint density at radius 2 is 2.07 bits per heavy atom. The number of nitrogens with one attached hydrogen (secondary N) is 1. The number of fused-ring (bicyclic) bond motifs is 1. The lowest BCUT2D eigenvalue weighted by molar-refractivity contribution is -0.745. The highest BCUT2D eigenvalue weighted by Crippen LogP contribution is 2.34. The van der Waals surface area contributed by atoms with Crippen LogP contribution in [0.25, 0.3) is 11.2 Å². The van der Waals surface area contributed by atoms with Crippen molar-refractivity contribution in [2.24, 2.45) is 7.05 Å². The molecule has 5 atom stereocenters. The number of aliphatic hydroxyl groups is 2. The summed E-state index contributed by atoms with van der Waals surface area (Å²) in [4.78, 5) is 41.2. The van der Waals surface area contributed by atoms with Gasteiger partial charge in [-0.2, -0.15) is 0 Å². The number of ether oxygens (including phenoxy) is 1. The molecule has 1 saturated heterocycles. The number of phosphoric acid groups is 1. The number of aryl methyl sites for hydroxylation is 1. The molecular weight excluding hydrogens is 409 g/mol. The number of aromatic nitrogens is 4. The van der Waals surface area contributed by atoms with Crippen molar-refractivity contribution in [2.45, 2.75) is 38.4 Å². The standard InChI is InChI=1S/C15H24N5O8P/c1-4-19(5-2)15-16-12-9(13(23)17-15)18(3)7-20(12)14-11(22)10(21)8(28-14)6-27-29(24,25)26/h7-8,10-11,14,21-22H,4-6H2,1-3H3,(H2-,16,17,23,24,25,26)/t8-,10-,11-,14-/m1/s1. The second-order valence-corrected chi connectivity index (χ2v) is 7.87. The molecule has 4 N–H and O–H groups in total. The Morgan fingerprint density at radius 1 is 1.41 bits per heavy atom. The van der Waals surface area contributed by atoms with Crippen LogP contribution in [0.1, 0.15) is 20.1 Å². The average Bonchev–Trinajstić information content (AvgIpc) is 3.11. The fourth-order valence-corrected chi connectivity index (χ4v) is 3.70. The topological polar surface area (TPSA) is 177 Å². The summed E-state index contributed by atoms with van der Waals surface area (Å²) in [5, 5.41) is 20.6. The molecule has 0 aliphatic carbocycles. The van der Waals surface area contributed by atoms with Gasteiger partial charge < -0.3 is 34.2 Å². The first kappa shape index (κ1) is 21.8. The van der Waals surface area contributed by atoms with E-state index in [-0.39, 0.29) is 11.2 Å². The van der Waals surface area contributed by atoms with Gasteiger partial charge in [-0.3, -0.25) is 18.9 Å². The summed E-state index contributed by atoms with van der Waals surface area (Å²) in [7, 11) is -3.40. The summed E-state index contributed by atoms with van der Waals surface area (Å²) in [5.74, 6) is 0.341. The number of anilines is 1. The summed E-state index contributed by atoms with van der Waals surface area (Å²) in [6.07, 6.45) is -3.85. The second-order valence-electron chi connectivity index (χ2n) is 6.68. The first-order chi connectivity index (χ1) is 13.6. The fraction of sp³-hybridized carbons (Fsp3) is 0.667. The highest BCUT2D eigenvalue weighted by molar-refractivity contribution is 7.44. The Morgan fingerprint density at radius 3 is 2.66 bits per heavy atom. The Labute approximate surface area is 165 Å². The van der Waals surface area contributed by atoms with Crippen molar-refractivity contribution >= 4 is 24.9 Å². The van der Waals surface area contributed by atoms with Gasteiger partial charge in [-0.25, -0.2) is 4.57 Å². The zero-order valence-corrected chi connectivity index (χ0v) is 17.0. The normalized spacial score (nSPS) is 26.7. The summed E-state index contributed by atoms with van der Waals surface area (Å²) < 4.78 is 23.5. The number of rotatable bonds is 7. The third kappa shape index (κ3) is 4.21. The first-order valence-electron chi connectivity index (χ1n) is 9.02. The molecule has 0 aromatic carbocycles. The van der Waals surface area contributed by atoms with E-state index in [9.17, 15) is 24.5 Å². The van der Waals surface area contributed by atoms with Gasteiger partial charge in [0.25, 0.3) is 19.3 Å². The van der Waals surface area contributed by atoms with Crippen LogP contribution in [0.15, 0.2) is 11.1 Å². The van der Waals surface area contributed by atoms with Crippen LogP contribution in [0.4, 0.5) is 5.95 Å². The minimum absolute atomic E-state index is 0.215. The summed E-state index contributed by atoms with van der Waals surface area (Å²) in [6, 6.07) is 0. The molecule has 0 saturated carbocycles. The number of aromatic amines is 1. The number of H-pyrrole nitrogens is 1. The fourth-order valence-electron chi connectivity index (χ4n) is 3.36. The molecule has 3 rings (SSSR count). The third-order valence-corrected chi connectivity index (χ3v) is 5.31. The van der Waals surface area contributed by atoms with Gasteiger partial charge in [-0.05, 0) is 13.8 Å². The maximum Gasteiger partial charge on any atom is 0.313 e. The van der Waals surface area contributed by atoms with Gasteiger partial charge in [-0.15, -0.1) is 0 Å². The molecule has 2 aromatic heterocycles. The van der Waals surface area contributed by atoms with Gasteiger partial charge in [0, 0.05) is 13.1 Å². The Balaban J connectivity index is 2.01. The monoisotopic (exact) mass is 433 g/mol. The SMILES string of the molecule is CCN(CC)c1nc2c(c(=O)[nH]1)n(C)c[n+]2[C@@H]1O[C@H](COP(=O)([O-])O)[C@@H](O)[C@H]1O. The molecule has 0 radical (unpaired) electrons. The molecule has 1 unspecified atom stereocenters. The van der Waals surface area contributed by atoms with Gasteiger partial charge in [0.1, 0.15) is 18.3 Å². The van der Waals surface area contributed by atoms with Gasteiger partial charge in [-0.1, -0.05) is 4.98 Å². The quantitative estimate of drug-likeness (QED) is 0.269. The van der Waals surface area contributed by atoms with Crippen molar-refractivity contribution in [3.8, 4) is 0 Å². The summed E-state index contributed by atoms with van der Waals surface area (Å²) in [6.45, 7) is 4.35. The van der Waals surface area contributed by atoms with E-state index in [4.69, 9.17) is 9.63 Å². The lowest BCUT2D eigenvalue weighted by Gasteiger charge is -2.19. The van der Waals surface area contributed by atoms with Gasteiger partial charge >= 0.3 is 5.65 Å². The largest absolute Gasteiger partial charge is 0.756 e. The highest BCUT2D eigenvalue weighted by Gasteiger charge is 2.47. The van der Waals surface area contributed by atoms with Crippen LogP contribution < -0.4 is 19.9 Å². The zero-order chi connectivity index (χ0) is 21.5. The minimum atomic E-state index is -5.02. The van der Waals surface area contributed by atoms with Crippen LogP contribution in [-0.2, 0) is 20.9 Å². The van der Waals surface area contributed by atoms with Gasteiger partial charge in [0.2, 0.25) is 11.7 Å². The maximum atomic E-state index is 12.6. The van der Waals surface area contributed by atoms with E-state index in [0.29, 0.717) is 19.0 Å². The first-order valence-corrected chi connectivity index (χ1v) is 10.5. The summed E-state index contributed by atoms with van der Waals surface area (Å²) >= 11 is 0. The molecule has 1 aliphatic heterocycles. The lowest BCUT2D eigenvalue weighted by atomic mass is 10.1. The molecule has 162 valence electrons. The van der Waals surface area contributed by atoms with E-state index in [1.165, 1.54) is 15.5 Å². The van der Waals surface area contributed by atoms with Crippen molar-refractivity contribution < 1.29 is 38.4 Å². The predicted molar refractivity (Wildman–Crippen MR) is 96.8 cm³/mol. The molecule has 1 aliphatic rings. The van der Waals surface area contributed by atoms with Gasteiger partial charge in [0.15, 0.2) is 6.33 Å². The second kappa shape index (κ2) is 8.11. The number of phosphoric ester groups is 1. The van der Waals surface area contributed by atoms with Crippen molar-refractivity contribution in [3.05, 3.63) is 16.7 Å². The van der Waals surface area contributed by atoms with Crippen LogP contribution in [0.5, 0.6) is 0 Å². The number of hydrogen-bond acceptors (Lipinski definition) is 9. The Bertz CT molecular complexity index is 983. The highest BCUT2D eigenvalue weighted by atomic mass is 31.2. The van der Waals surface area contributed by atoms with E-state index < -0.39 is 44.5 Å². The van der Waals surface area contributed by atoms with Crippen molar-refractivity contribution in [1.29, 1.82) is 0 Å². The van der Waals surface area contributed by atoms with Crippen LogP contribution in [0.2, 0.25) is 0 Å². The van der Waals surface area contributed by atoms with E-state index in [1.54, 1.807) is 7.05 Å². The zero-order valence-electron chi connectivity index (χ0n) is 16.1.